The van der Waals surface area contributed by atoms with Gasteiger partial charge in [-0.2, -0.15) is 0 Å². The molecule has 51 heavy (non-hydrogen) atoms. The molecule has 0 spiro atoms. The number of nitrogens with zero attached hydrogens (tertiary/aromatic N) is 2. The van der Waals surface area contributed by atoms with E-state index in [-0.39, 0.29) is 0 Å². The van der Waals surface area contributed by atoms with Crippen molar-refractivity contribution >= 4 is 75.1 Å². The lowest BCUT2D eigenvalue weighted by Gasteiger charge is -2.12. The van der Waals surface area contributed by atoms with Gasteiger partial charge in [0.1, 0.15) is 0 Å². The zero-order valence-electron chi connectivity index (χ0n) is 27.6. The Morgan fingerprint density at radius 1 is 0.333 bits per heavy atom. The van der Waals surface area contributed by atoms with Gasteiger partial charge in [-0.15, -0.1) is 11.3 Å². The molecule has 238 valence electrons. The minimum absolute atomic E-state index is 1.16. The highest BCUT2D eigenvalue weighted by molar-refractivity contribution is 7.26. The molecule has 0 saturated heterocycles. The highest BCUT2D eigenvalue weighted by Gasteiger charge is 2.23. The molecule has 11 rings (SSSR count). The van der Waals surface area contributed by atoms with Gasteiger partial charge in [0.2, 0.25) is 0 Å². The lowest BCUT2D eigenvalue weighted by molar-refractivity contribution is 1.18. The fourth-order valence-corrected chi connectivity index (χ4v) is 9.44. The van der Waals surface area contributed by atoms with Gasteiger partial charge in [0.15, 0.2) is 0 Å². The number of rotatable bonds is 4. The Hall–Kier alpha value is -6.42. The van der Waals surface area contributed by atoms with E-state index in [1.54, 1.807) is 0 Å². The largest absolute Gasteiger partial charge is 0.309 e. The molecule has 3 heterocycles. The molecule has 0 N–H and O–H groups in total. The van der Waals surface area contributed by atoms with Gasteiger partial charge in [-0.05, 0) is 82.9 Å². The Bertz CT molecular complexity index is 3110. The molecule has 3 aromatic heterocycles. The molecule has 0 fully saturated rings. The second-order valence-electron chi connectivity index (χ2n) is 13.3. The van der Waals surface area contributed by atoms with Gasteiger partial charge in [0.05, 0.1) is 22.1 Å². The number of hydrogen-bond donors (Lipinski definition) is 0. The van der Waals surface area contributed by atoms with Crippen molar-refractivity contribution in [2.75, 3.05) is 0 Å². The average molecular weight is 667 g/mol. The first-order valence-electron chi connectivity index (χ1n) is 17.4. The van der Waals surface area contributed by atoms with Crippen molar-refractivity contribution in [1.29, 1.82) is 0 Å². The van der Waals surface area contributed by atoms with Crippen molar-refractivity contribution in [1.82, 2.24) is 9.13 Å². The van der Waals surface area contributed by atoms with Crippen LogP contribution in [-0.2, 0) is 0 Å². The van der Waals surface area contributed by atoms with Crippen LogP contribution in [0.15, 0.2) is 182 Å². The van der Waals surface area contributed by atoms with Gasteiger partial charge in [-0.25, -0.2) is 0 Å². The van der Waals surface area contributed by atoms with Crippen LogP contribution in [0.4, 0.5) is 0 Å². The summed E-state index contributed by atoms with van der Waals surface area (Å²) < 4.78 is 7.51. The van der Waals surface area contributed by atoms with Crippen LogP contribution in [0.3, 0.4) is 0 Å². The van der Waals surface area contributed by atoms with Crippen LogP contribution in [0.2, 0.25) is 0 Å². The Labute approximate surface area is 298 Å². The lowest BCUT2D eigenvalue weighted by Crippen LogP contribution is -1.95. The summed E-state index contributed by atoms with van der Waals surface area (Å²) in [7, 11) is 0. The molecule has 11 aromatic rings. The number of hydrogen-bond acceptors (Lipinski definition) is 1. The standard InChI is InChI=1S/C48H30N2S/c1-3-13-31(14-4-1)32-23-26-35(27-24-32)50-42-21-11-8-18-37(42)46-39(30-45-47(48(46)50)38-19-9-12-22-44(38)51-45)33-25-28-43-40(29-33)36-17-7-10-20-41(36)49(43)34-15-5-2-6-16-34/h1-30H. The van der Waals surface area contributed by atoms with Crippen LogP contribution < -0.4 is 0 Å². The summed E-state index contributed by atoms with van der Waals surface area (Å²) in [5.74, 6) is 0. The maximum atomic E-state index is 2.50. The van der Waals surface area contributed by atoms with Gasteiger partial charge in [-0.3, -0.25) is 0 Å². The van der Waals surface area contributed by atoms with E-state index in [2.05, 4.69) is 191 Å². The van der Waals surface area contributed by atoms with E-state index in [0.29, 0.717) is 0 Å². The number of fused-ring (bicyclic) bond motifs is 10. The smallest absolute Gasteiger partial charge is 0.0640 e. The van der Waals surface area contributed by atoms with Crippen LogP contribution in [0.25, 0.3) is 97.4 Å². The van der Waals surface area contributed by atoms with Gasteiger partial charge in [-0.1, -0.05) is 121 Å². The van der Waals surface area contributed by atoms with Gasteiger partial charge < -0.3 is 9.13 Å². The zero-order chi connectivity index (χ0) is 33.5. The summed E-state index contributed by atoms with van der Waals surface area (Å²) in [5, 5.41) is 7.70. The van der Waals surface area contributed by atoms with E-state index in [4.69, 9.17) is 0 Å². The normalized spacial score (nSPS) is 11.9. The van der Waals surface area contributed by atoms with Crippen LogP contribution >= 0.6 is 11.3 Å². The molecule has 0 saturated carbocycles. The Balaban J connectivity index is 1.24. The Kier molecular flexibility index (Phi) is 6.16. The first kappa shape index (κ1) is 28.4. The minimum Gasteiger partial charge on any atom is -0.309 e. The number of thiophene rings is 1. The molecule has 0 amide bonds. The quantitative estimate of drug-likeness (QED) is 0.177. The Morgan fingerprint density at radius 3 is 1.69 bits per heavy atom. The van der Waals surface area contributed by atoms with Crippen molar-refractivity contribution in [2.45, 2.75) is 0 Å². The van der Waals surface area contributed by atoms with E-state index in [1.807, 2.05) is 11.3 Å². The molecule has 0 radical (unpaired) electrons. The predicted molar refractivity (Wildman–Crippen MR) is 219 cm³/mol. The summed E-state index contributed by atoms with van der Waals surface area (Å²) in [6.07, 6.45) is 0. The molecule has 0 aliphatic heterocycles. The summed E-state index contributed by atoms with van der Waals surface area (Å²) >= 11 is 1.89. The first-order valence-corrected chi connectivity index (χ1v) is 18.3. The first-order chi connectivity index (χ1) is 25.3. The van der Waals surface area contributed by atoms with E-state index in [1.165, 1.54) is 91.7 Å². The Morgan fingerprint density at radius 2 is 0.902 bits per heavy atom. The van der Waals surface area contributed by atoms with Gasteiger partial charge >= 0.3 is 0 Å². The second-order valence-corrected chi connectivity index (χ2v) is 14.4. The van der Waals surface area contributed by atoms with E-state index >= 15 is 0 Å². The molecular formula is C48H30N2S. The van der Waals surface area contributed by atoms with E-state index < -0.39 is 0 Å². The molecule has 0 aliphatic carbocycles. The van der Waals surface area contributed by atoms with Crippen molar-refractivity contribution in [3.8, 4) is 33.6 Å². The van der Waals surface area contributed by atoms with E-state index in [0.717, 1.165) is 5.69 Å². The maximum Gasteiger partial charge on any atom is 0.0640 e. The summed E-state index contributed by atoms with van der Waals surface area (Å²) in [6, 6.07) is 66.6. The molecule has 0 bridgehead atoms. The summed E-state index contributed by atoms with van der Waals surface area (Å²) in [6.45, 7) is 0. The highest BCUT2D eigenvalue weighted by Crippen LogP contribution is 2.48. The topological polar surface area (TPSA) is 9.86 Å². The number of benzene rings is 8. The maximum absolute atomic E-state index is 2.50. The third-order valence-corrected chi connectivity index (χ3v) is 11.6. The van der Waals surface area contributed by atoms with Crippen LogP contribution in [-0.4, -0.2) is 9.13 Å². The number of para-hydroxylation sites is 3. The fourth-order valence-electron chi connectivity index (χ4n) is 8.29. The van der Waals surface area contributed by atoms with Crippen molar-refractivity contribution in [2.24, 2.45) is 0 Å². The van der Waals surface area contributed by atoms with Crippen molar-refractivity contribution in [3.05, 3.63) is 182 Å². The molecule has 0 unspecified atom stereocenters. The molecule has 8 aromatic carbocycles. The van der Waals surface area contributed by atoms with Gasteiger partial charge in [0, 0.05) is 53.1 Å². The zero-order valence-corrected chi connectivity index (χ0v) is 28.4. The van der Waals surface area contributed by atoms with Crippen LogP contribution in [0.5, 0.6) is 0 Å². The van der Waals surface area contributed by atoms with E-state index in [9.17, 15) is 0 Å². The predicted octanol–water partition coefficient (Wildman–Crippen LogP) is 13.6. The summed E-state index contributed by atoms with van der Waals surface area (Å²) in [5.41, 5.74) is 12.2. The number of aromatic nitrogens is 2. The average Bonchev–Trinajstić information content (AvgIpc) is 3.86. The molecular weight excluding hydrogens is 637 g/mol. The van der Waals surface area contributed by atoms with Crippen LogP contribution in [0, 0.1) is 0 Å². The second kappa shape index (κ2) is 11.0. The molecule has 0 atom stereocenters. The monoisotopic (exact) mass is 666 g/mol. The highest BCUT2D eigenvalue weighted by atomic mass is 32.1. The molecule has 2 nitrogen and oxygen atoms in total. The van der Waals surface area contributed by atoms with Crippen molar-refractivity contribution in [3.63, 3.8) is 0 Å². The summed E-state index contributed by atoms with van der Waals surface area (Å²) in [4.78, 5) is 0. The van der Waals surface area contributed by atoms with Crippen LogP contribution in [0.1, 0.15) is 0 Å². The van der Waals surface area contributed by atoms with Gasteiger partial charge in [0.25, 0.3) is 0 Å². The van der Waals surface area contributed by atoms with Crippen molar-refractivity contribution < 1.29 is 0 Å². The SMILES string of the molecule is c1ccc(-c2ccc(-n3c4ccccc4c4c(-c5ccc6c(c5)c5ccccc5n6-c5ccccc5)cc5sc6ccccc6c5c43)cc2)cc1. The fraction of sp³-hybridized carbons (Fsp3) is 0. The third kappa shape index (κ3) is 4.22. The lowest BCUT2D eigenvalue weighted by atomic mass is 9.96. The molecule has 3 heteroatoms. The third-order valence-electron chi connectivity index (χ3n) is 10.5. The molecule has 0 aliphatic rings. The minimum atomic E-state index is 1.16.